The number of nitrogens with zero attached hydrogens (tertiary/aromatic N) is 1. The molecule has 4 nitrogen and oxygen atoms in total. The molecule has 0 aromatic heterocycles. The second-order valence-corrected chi connectivity index (χ2v) is 6.83. The third-order valence-electron chi connectivity index (χ3n) is 4.83. The fraction of sp³-hybridized carbons (Fsp3) is 0.429. The highest BCUT2D eigenvalue weighted by Gasteiger charge is 2.26. The summed E-state index contributed by atoms with van der Waals surface area (Å²) in [6.07, 6.45) is 1.41. The van der Waals surface area contributed by atoms with Gasteiger partial charge in [-0.25, -0.2) is 0 Å². The fourth-order valence-corrected chi connectivity index (χ4v) is 3.60. The van der Waals surface area contributed by atoms with Gasteiger partial charge in [0.25, 0.3) is 0 Å². The van der Waals surface area contributed by atoms with E-state index in [1.807, 2.05) is 6.07 Å². The summed E-state index contributed by atoms with van der Waals surface area (Å²) in [7, 11) is 0. The molecule has 0 N–H and O–H groups in total. The van der Waals surface area contributed by atoms with Crippen LogP contribution in [0.25, 0.3) is 0 Å². The van der Waals surface area contributed by atoms with E-state index in [1.54, 1.807) is 0 Å². The van der Waals surface area contributed by atoms with Crippen molar-refractivity contribution < 1.29 is 14.2 Å². The number of fused-ring (bicyclic) bond motifs is 1. The summed E-state index contributed by atoms with van der Waals surface area (Å²) in [5, 5.41) is 0. The molecule has 2 aliphatic heterocycles. The Morgan fingerprint density at radius 3 is 2.60 bits per heavy atom. The van der Waals surface area contributed by atoms with Gasteiger partial charge in [0.2, 0.25) is 0 Å². The van der Waals surface area contributed by atoms with Crippen LogP contribution in [0.3, 0.4) is 0 Å². The molecule has 25 heavy (non-hydrogen) atoms. The molecule has 2 aliphatic rings. The van der Waals surface area contributed by atoms with Crippen LogP contribution in [0.2, 0.25) is 0 Å². The number of hydrogen-bond donors (Lipinski definition) is 0. The smallest absolute Gasteiger partial charge is 0.161 e. The highest BCUT2D eigenvalue weighted by molar-refractivity contribution is 5.43. The number of rotatable bonds is 4. The highest BCUT2D eigenvalue weighted by atomic mass is 16.6. The van der Waals surface area contributed by atoms with Gasteiger partial charge in [-0.3, -0.25) is 4.90 Å². The number of hydrogen-bond acceptors (Lipinski definition) is 4. The van der Waals surface area contributed by atoms with Crippen LogP contribution in [0.5, 0.6) is 11.5 Å². The van der Waals surface area contributed by atoms with Gasteiger partial charge in [-0.2, -0.15) is 0 Å². The van der Waals surface area contributed by atoms with Gasteiger partial charge in [-0.05, 0) is 36.6 Å². The van der Waals surface area contributed by atoms with Crippen molar-refractivity contribution in [2.75, 3.05) is 32.8 Å². The quantitative estimate of drug-likeness (QED) is 0.853. The van der Waals surface area contributed by atoms with Crippen molar-refractivity contribution in [3.05, 3.63) is 59.7 Å². The minimum absolute atomic E-state index is 0.158. The van der Waals surface area contributed by atoms with Gasteiger partial charge in [0.1, 0.15) is 13.2 Å². The van der Waals surface area contributed by atoms with Crippen molar-refractivity contribution in [3.63, 3.8) is 0 Å². The zero-order valence-corrected chi connectivity index (χ0v) is 14.7. The van der Waals surface area contributed by atoms with Crippen molar-refractivity contribution in [3.8, 4) is 11.5 Å². The van der Waals surface area contributed by atoms with Crippen LogP contribution in [0.15, 0.2) is 48.5 Å². The summed E-state index contributed by atoms with van der Waals surface area (Å²) < 4.78 is 17.4. The Kier molecular flexibility index (Phi) is 4.90. The average molecular weight is 339 g/mol. The van der Waals surface area contributed by atoms with Crippen LogP contribution in [0, 0.1) is 0 Å². The van der Waals surface area contributed by atoms with Crippen LogP contribution in [0.1, 0.15) is 24.2 Å². The van der Waals surface area contributed by atoms with Crippen LogP contribution in [-0.2, 0) is 11.2 Å². The summed E-state index contributed by atoms with van der Waals surface area (Å²) in [4.78, 5) is 2.50. The summed E-state index contributed by atoms with van der Waals surface area (Å²) in [6.45, 7) is 6.38. The van der Waals surface area contributed by atoms with E-state index in [9.17, 15) is 0 Å². The van der Waals surface area contributed by atoms with Gasteiger partial charge >= 0.3 is 0 Å². The highest BCUT2D eigenvalue weighted by Crippen LogP contribution is 2.31. The Morgan fingerprint density at radius 2 is 1.76 bits per heavy atom. The first-order valence-electron chi connectivity index (χ1n) is 9.09. The normalized spacial score (nSPS) is 23.4. The minimum atomic E-state index is 0.158. The first kappa shape index (κ1) is 16.4. The Balaban J connectivity index is 1.39. The van der Waals surface area contributed by atoms with Crippen molar-refractivity contribution in [2.24, 2.45) is 0 Å². The van der Waals surface area contributed by atoms with Gasteiger partial charge < -0.3 is 14.2 Å². The molecule has 0 bridgehead atoms. The van der Waals surface area contributed by atoms with E-state index in [2.05, 4.69) is 54.3 Å². The molecule has 4 heteroatoms. The predicted molar refractivity (Wildman–Crippen MR) is 97.3 cm³/mol. The first-order chi connectivity index (χ1) is 12.3. The molecule has 1 fully saturated rings. The molecule has 0 saturated carbocycles. The van der Waals surface area contributed by atoms with Gasteiger partial charge in [0.05, 0.1) is 12.2 Å². The maximum absolute atomic E-state index is 6.15. The van der Waals surface area contributed by atoms with Crippen LogP contribution in [-0.4, -0.2) is 43.9 Å². The van der Waals surface area contributed by atoms with E-state index in [0.29, 0.717) is 13.2 Å². The Hall–Kier alpha value is -2.04. The van der Waals surface area contributed by atoms with Crippen molar-refractivity contribution in [1.82, 2.24) is 4.90 Å². The maximum atomic E-state index is 6.15. The van der Waals surface area contributed by atoms with Gasteiger partial charge in [0.15, 0.2) is 11.5 Å². The SMILES string of the molecule is C[C@@H]1CN(CCc2ccc3c(c2)OCCO3)C[C@@H](c2ccccc2)O1. The summed E-state index contributed by atoms with van der Waals surface area (Å²) >= 11 is 0. The first-order valence-corrected chi connectivity index (χ1v) is 9.09. The zero-order chi connectivity index (χ0) is 17.1. The summed E-state index contributed by atoms with van der Waals surface area (Å²) in [5.74, 6) is 1.74. The maximum Gasteiger partial charge on any atom is 0.161 e. The molecule has 132 valence electrons. The van der Waals surface area contributed by atoms with Crippen LogP contribution in [0.4, 0.5) is 0 Å². The molecule has 1 saturated heterocycles. The van der Waals surface area contributed by atoms with Gasteiger partial charge in [-0.15, -0.1) is 0 Å². The van der Waals surface area contributed by atoms with E-state index in [0.717, 1.165) is 37.6 Å². The molecular weight excluding hydrogens is 314 g/mol. The molecule has 2 aromatic rings. The third-order valence-corrected chi connectivity index (χ3v) is 4.83. The minimum Gasteiger partial charge on any atom is -0.486 e. The Labute approximate surface area is 149 Å². The standard InChI is InChI=1S/C21H25NO3/c1-16-14-22(15-21(25-16)18-5-3-2-4-6-18)10-9-17-7-8-19-20(13-17)24-12-11-23-19/h2-8,13,16,21H,9-12,14-15H2,1H3/t16-,21+/m1/s1. The lowest BCUT2D eigenvalue weighted by Crippen LogP contribution is -2.43. The molecule has 0 unspecified atom stereocenters. The molecule has 0 radical (unpaired) electrons. The van der Waals surface area contributed by atoms with Gasteiger partial charge in [0, 0.05) is 19.6 Å². The van der Waals surface area contributed by atoms with Crippen LogP contribution >= 0.6 is 0 Å². The lowest BCUT2D eigenvalue weighted by molar-refractivity contribution is -0.0785. The Morgan fingerprint density at radius 1 is 0.960 bits per heavy atom. The third kappa shape index (κ3) is 3.97. The molecule has 2 atom stereocenters. The summed E-state index contributed by atoms with van der Waals surface area (Å²) in [6, 6.07) is 16.8. The van der Waals surface area contributed by atoms with E-state index >= 15 is 0 Å². The zero-order valence-electron chi connectivity index (χ0n) is 14.7. The molecule has 4 rings (SSSR count). The second kappa shape index (κ2) is 7.46. The van der Waals surface area contributed by atoms with Crippen LogP contribution < -0.4 is 9.47 Å². The average Bonchev–Trinajstić information content (AvgIpc) is 2.66. The van der Waals surface area contributed by atoms with E-state index in [-0.39, 0.29) is 12.2 Å². The Bertz CT molecular complexity index is 704. The lowest BCUT2D eigenvalue weighted by atomic mass is 10.1. The molecule has 0 amide bonds. The molecular formula is C21H25NO3. The van der Waals surface area contributed by atoms with Crippen molar-refractivity contribution in [1.29, 1.82) is 0 Å². The molecule has 0 spiro atoms. The van der Waals surface area contributed by atoms with Gasteiger partial charge in [-0.1, -0.05) is 36.4 Å². The number of ether oxygens (including phenoxy) is 3. The molecule has 2 aromatic carbocycles. The number of benzene rings is 2. The molecule has 2 heterocycles. The summed E-state index contributed by atoms with van der Waals surface area (Å²) in [5.41, 5.74) is 2.55. The predicted octanol–water partition coefficient (Wildman–Crippen LogP) is 3.46. The second-order valence-electron chi connectivity index (χ2n) is 6.83. The topological polar surface area (TPSA) is 30.9 Å². The van der Waals surface area contributed by atoms with E-state index in [4.69, 9.17) is 14.2 Å². The molecule has 0 aliphatic carbocycles. The fourth-order valence-electron chi connectivity index (χ4n) is 3.60. The monoisotopic (exact) mass is 339 g/mol. The van der Waals surface area contributed by atoms with E-state index < -0.39 is 0 Å². The lowest BCUT2D eigenvalue weighted by Gasteiger charge is -2.37. The largest absolute Gasteiger partial charge is 0.486 e. The van der Waals surface area contributed by atoms with Crippen molar-refractivity contribution in [2.45, 2.75) is 25.6 Å². The number of morpholine rings is 1. The van der Waals surface area contributed by atoms with Crippen molar-refractivity contribution >= 4 is 0 Å². The van der Waals surface area contributed by atoms with E-state index in [1.165, 1.54) is 11.1 Å².